The highest BCUT2D eigenvalue weighted by atomic mass is 19.1. The normalized spacial score (nSPS) is 14.2. The van der Waals surface area contributed by atoms with Gasteiger partial charge in [0.15, 0.2) is 0 Å². The number of hydrogen-bond acceptors (Lipinski definition) is 1. The van der Waals surface area contributed by atoms with Crippen LogP contribution in [-0.2, 0) is 12.0 Å². The van der Waals surface area contributed by atoms with E-state index >= 15 is 0 Å². The zero-order valence-corrected chi connectivity index (χ0v) is 10.5. The van der Waals surface area contributed by atoms with E-state index in [1.54, 1.807) is 19.1 Å². The number of halogens is 3. The van der Waals surface area contributed by atoms with Gasteiger partial charge >= 0.3 is 0 Å². The number of nitrogens with two attached hydrogens (primary N) is 1. The summed E-state index contributed by atoms with van der Waals surface area (Å²) in [6.45, 7) is 1.69. The Hall–Kier alpha value is -1.81. The third-order valence-electron chi connectivity index (χ3n) is 3.01. The second kappa shape index (κ2) is 5.05. The van der Waals surface area contributed by atoms with Crippen molar-refractivity contribution in [3.63, 3.8) is 0 Å². The van der Waals surface area contributed by atoms with E-state index in [2.05, 4.69) is 0 Å². The molecule has 0 aliphatic heterocycles. The van der Waals surface area contributed by atoms with Crippen molar-refractivity contribution in [2.75, 3.05) is 0 Å². The standard InChI is InChI=1S/C15H14F3N/c1-15(19,9-10-2-4-12(16)5-3-10)11-6-13(17)8-14(18)7-11/h2-8H,9,19H2,1H3. The van der Waals surface area contributed by atoms with Crippen molar-refractivity contribution in [2.45, 2.75) is 18.9 Å². The summed E-state index contributed by atoms with van der Waals surface area (Å²) in [5, 5.41) is 0. The van der Waals surface area contributed by atoms with Crippen molar-refractivity contribution in [3.8, 4) is 0 Å². The summed E-state index contributed by atoms with van der Waals surface area (Å²) >= 11 is 0. The molecule has 1 unspecified atom stereocenters. The van der Waals surface area contributed by atoms with Crippen LogP contribution in [0.2, 0.25) is 0 Å². The molecule has 1 nitrogen and oxygen atoms in total. The van der Waals surface area contributed by atoms with Crippen molar-refractivity contribution < 1.29 is 13.2 Å². The van der Waals surface area contributed by atoms with Crippen molar-refractivity contribution in [1.29, 1.82) is 0 Å². The summed E-state index contributed by atoms with van der Waals surface area (Å²) in [4.78, 5) is 0. The zero-order chi connectivity index (χ0) is 14.0. The first kappa shape index (κ1) is 13.6. The van der Waals surface area contributed by atoms with Gasteiger partial charge in [0.2, 0.25) is 0 Å². The van der Waals surface area contributed by atoms with Gasteiger partial charge in [-0.2, -0.15) is 0 Å². The highest BCUT2D eigenvalue weighted by molar-refractivity contribution is 5.28. The molecule has 0 spiro atoms. The first-order valence-corrected chi connectivity index (χ1v) is 5.87. The van der Waals surface area contributed by atoms with Gasteiger partial charge in [-0.05, 0) is 48.7 Å². The lowest BCUT2D eigenvalue weighted by Crippen LogP contribution is -2.35. The molecule has 0 bridgehead atoms. The van der Waals surface area contributed by atoms with Gasteiger partial charge < -0.3 is 5.73 Å². The molecule has 2 N–H and O–H groups in total. The lowest BCUT2D eigenvalue weighted by Gasteiger charge is -2.25. The lowest BCUT2D eigenvalue weighted by molar-refractivity contribution is 0.478. The predicted octanol–water partition coefficient (Wildman–Crippen LogP) is 3.52. The van der Waals surface area contributed by atoms with E-state index < -0.39 is 17.2 Å². The average molecular weight is 265 g/mol. The van der Waals surface area contributed by atoms with E-state index in [0.29, 0.717) is 12.0 Å². The van der Waals surface area contributed by atoms with E-state index in [-0.39, 0.29) is 5.82 Å². The highest BCUT2D eigenvalue weighted by Gasteiger charge is 2.23. The van der Waals surface area contributed by atoms with Crippen LogP contribution in [0.15, 0.2) is 42.5 Å². The number of benzene rings is 2. The van der Waals surface area contributed by atoms with Crippen LogP contribution in [0, 0.1) is 17.5 Å². The van der Waals surface area contributed by atoms with Crippen LogP contribution in [0.1, 0.15) is 18.1 Å². The fourth-order valence-corrected chi connectivity index (χ4v) is 2.01. The Bertz CT molecular complexity index is 556. The molecular formula is C15H14F3N. The minimum atomic E-state index is -0.930. The van der Waals surface area contributed by atoms with E-state index in [1.165, 1.54) is 24.3 Å². The van der Waals surface area contributed by atoms with E-state index in [0.717, 1.165) is 11.6 Å². The Morgan fingerprint density at radius 1 is 0.895 bits per heavy atom. The molecule has 0 saturated heterocycles. The Morgan fingerprint density at radius 2 is 1.42 bits per heavy atom. The van der Waals surface area contributed by atoms with Crippen LogP contribution in [0.3, 0.4) is 0 Å². The van der Waals surface area contributed by atoms with Crippen LogP contribution >= 0.6 is 0 Å². The first-order valence-electron chi connectivity index (χ1n) is 5.87. The molecular weight excluding hydrogens is 251 g/mol. The summed E-state index contributed by atoms with van der Waals surface area (Å²) < 4.78 is 39.2. The monoisotopic (exact) mass is 265 g/mol. The van der Waals surface area contributed by atoms with Gasteiger partial charge in [0, 0.05) is 11.6 Å². The van der Waals surface area contributed by atoms with Gasteiger partial charge in [-0.3, -0.25) is 0 Å². The molecule has 2 rings (SSSR count). The van der Waals surface area contributed by atoms with Crippen LogP contribution in [0.5, 0.6) is 0 Å². The molecule has 19 heavy (non-hydrogen) atoms. The van der Waals surface area contributed by atoms with E-state index in [1.807, 2.05) is 0 Å². The third kappa shape index (κ3) is 3.35. The SMILES string of the molecule is CC(N)(Cc1ccc(F)cc1)c1cc(F)cc(F)c1. The molecule has 2 aromatic carbocycles. The second-order valence-corrected chi connectivity index (χ2v) is 4.88. The van der Waals surface area contributed by atoms with E-state index in [9.17, 15) is 13.2 Å². The lowest BCUT2D eigenvalue weighted by atomic mass is 9.86. The van der Waals surface area contributed by atoms with Crippen LogP contribution in [-0.4, -0.2) is 0 Å². The zero-order valence-electron chi connectivity index (χ0n) is 10.5. The van der Waals surface area contributed by atoms with Gasteiger partial charge in [0.1, 0.15) is 17.5 Å². The largest absolute Gasteiger partial charge is 0.321 e. The molecule has 4 heteroatoms. The molecule has 0 fully saturated rings. The topological polar surface area (TPSA) is 26.0 Å². The fourth-order valence-electron chi connectivity index (χ4n) is 2.01. The first-order chi connectivity index (χ1) is 8.87. The van der Waals surface area contributed by atoms with Gasteiger partial charge in [-0.25, -0.2) is 13.2 Å². The number of rotatable bonds is 3. The fraction of sp³-hybridized carbons (Fsp3) is 0.200. The maximum absolute atomic E-state index is 13.2. The molecule has 0 aromatic heterocycles. The van der Waals surface area contributed by atoms with Crippen LogP contribution < -0.4 is 5.73 Å². The summed E-state index contributed by atoms with van der Waals surface area (Å²) in [6, 6.07) is 9.11. The van der Waals surface area contributed by atoms with Crippen molar-refractivity contribution in [3.05, 3.63) is 71.0 Å². The van der Waals surface area contributed by atoms with E-state index in [4.69, 9.17) is 5.73 Å². The maximum atomic E-state index is 13.2. The summed E-state index contributed by atoms with van der Waals surface area (Å²) in [7, 11) is 0. The minimum absolute atomic E-state index is 0.334. The van der Waals surface area contributed by atoms with Gasteiger partial charge in [0.25, 0.3) is 0 Å². The molecule has 0 amide bonds. The minimum Gasteiger partial charge on any atom is -0.321 e. The van der Waals surface area contributed by atoms with Crippen molar-refractivity contribution in [2.24, 2.45) is 5.73 Å². The molecule has 1 atom stereocenters. The van der Waals surface area contributed by atoms with Crippen molar-refractivity contribution >= 4 is 0 Å². The van der Waals surface area contributed by atoms with Crippen LogP contribution in [0.25, 0.3) is 0 Å². The molecule has 0 radical (unpaired) electrons. The smallest absolute Gasteiger partial charge is 0.126 e. The Morgan fingerprint density at radius 3 is 1.95 bits per heavy atom. The quantitative estimate of drug-likeness (QED) is 0.902. The highest BCUT2D eigenvalue weighted by Crippen LogP contribution is 2.24. The molecule has 0 heterocycles. The summed E-state index contributed by atoms with van der Waals surface area (Å²) in [6.07, 6.45) is 0.357. The van der Waals surface area contributed by atoms with Gasteiger partial charge in [-0.1, -0.05) is 12.1 Å². The second-order valence-electron chi connectivity index (χ2n) is 4.88. The van der Waals surface area contributed by atoms with Gasteiger partial charge in [-0.15, -0.1) is 0 Å². The molecule has 0 aliphatic rings. The summed E-state index contributed by atoms with van der Waals surface area (Å²) in [5.74, 6) is -1.66. The van der Waals surface area contributed by atoms with Crippen molar-refractivity contribution in [1.82, 2.24) is 0 Å². The molecule has 2 aromatic rings. The average Bonchev–Trinajstić information content (AvgIpc) is 2.31. The van der Waals surface area contributed by atoms with Gasteiger partial charge in [0.05, 0.1) is 0 Å². The predicted molar refractivity (Wildman–Crippen MR) is 68.0 cm³/mol. The third-order valence-corrected chi connectivity index (χ3v) is 3.01. The molecule has 0 saturated carbocycles. The maximum Gasteiger partial charge on any atom is 0.126 e. The Kier molecular flexibility index (Phi) is 3.62. The molecule has 0 aliphatic carbocycles. The summed E-state index contributed by atoms with van der Waals surface area (Å²) in [5.41, 5.74) is 6.36. The Labute approximate surface area is 109 Å². The Balaban J connectivity index is 2.28. The number of hydrogen-bond donors (Lipinski definition) is 1. The van der Waals surface area contributed by atoms with Crippen LogP contribution in [0.4, 0.5) is 13.2 Å². The molecule has 100 valence electrons.